The van der Waals surface area contributed by atoms with Crippen molar-refractivity contribution in [2.24, 2.45) is 0 Å². The molecule has 0 heterocycles. The molecule has 174 valence electrons. The van der Waals surface area contributed by atoms with Crippen LogP contribution in [0.25, 0.3) is 0 Å². The van der Waals surface area contributed by atoms with Crippen molar-refractivity contribution in [3.8, 4) is 0 Å². The molecule has 1 atom stereocenters. The fourth-order valence-corrected chi connectivity index (χ4v) is 3.81. The second kappa shape index (κ2) is 27.9. The third-order valence-corrected chi connectivity index (χ3v) is 6.14. The molecule has 0 aliphatic carbocycles. The molecule has 0 saturated heterocycles. The van der Waals surface area contributed by atoms with E-state index < -0.39 is 6.10 Å². The van der Waals surface area contributed by atoms with Crippen molar-refractivity contribution in [3.05, 3.63) is 70.2 Å². The maximum atomic E-state index is 13.0. The van der Waals surface area contributed by atoms with Crippen LogP contribution >= 0.6 is 79.6 Å². The maximum absolute atomic E-state index is 13.0. The number of aliphatic hydroxyl groups excluding tert-OH is 1. The van der Waals surface area contributed by atoms with Crippen molar-refractivity contribution >= 4 is 109 Å². The molecule has 0 radical (unpaired) electrons. The SMILES string of the molecule is CC(O)c1cc(Br)cc(F)c1Br.CC=O.C[CH-]C.Fc1cc(Br)cc(Br)c1Br.[Cl-].[Cl-].[Li+].[Mg+2]. The molecular weight excluding hydrogens is 800 g/mol. The second-order valence-electron chi connectivity index (χ2n) is 4.96. The van der Waals surface area contributed by atoms with Crippen molar-refractivity contribution in [1.82, 2.24) is 0 Å². The number of halogens is 9. The Labute approximate surface area is 272 Å². The summed E-state index contributed by atoms with van der Waals surface area (Å²) in [6.45, 7) is 7.03. The van der Waals surface area contributed by atoms with Crippen LogP contribution in [0.5, 0.6) is 0 Å². The maximum Gasteiger partial charge on any atom is 2.00 e. The third-order valence-electron chi connectivity index (χ3n) is 2.42. The number of aliphatic hydroxyl groups is 1. The number of rotatable bonds is 1. The first-order valence-corrected chi connectivity index (χ1v) is 11.7. The van der Waals surface area contributed by atoms with E-state index in [-0.39, 0.29) is 78.4 Å². The van der Waals surface area contributed by atoms with Crippen LogP contribution in [0.1, 0.15) is 39.4 Å². The normalized spacial score (nSPS) is 9.00. The van der Waals surface area contributed by atoms with Crippen LogP contribution in [0.15, 0.2) is 46.6 Å². The summed E-state index contributed by atoms with van der Waals surface area (Å²) in [6.07, 6.45) is 2.08. The van der Waals surface area contributed by atoms with Gasteiger partial charge < -0.3 is 41.1 Å². The molecule has 2 aromatic carbocycles. The van der Waals surface area contributed by atoms with E-state index in [1.807, 2.05) is 20.3 Å². The molecule has 2 rings (SSSR count). The molecule has 0 saturated carbocycles. The Kier molecular flexibility index (Phi) is 41.3. The minimum absolute atomic E-state index is 0. The predicted octanol–water partition coefficient (Wildman–Crippen LogP) is -0.416. The summed E-state index contributed by atoms with van der Waals surface area (Å²) < 4.78 is 28.6. The Morgan fingerprint density at radius 3 is 1.53 bits per heavy atom. The minimum atomic E-state index is -0.675. The molecular formula is C19H20Br5Cl2F2LiMgO2. The molecule has 0 amide bonds. The summed E-state index contributed by atoms with van der Waals surface area (Å²) in [5.41, 5.74) is 0.543. The standard InChI is InChI=1S/C8H7Br2FO.C6H2Br3F.C3H7.C2H4O.2ClH.Li.Mg/c1-4(12)6-2-5(9)3-7(11)8(6)10;7-3-1-4(8)6(9)5(10)2-3;1-3-2;1-2-3;;;;/h2-4,12H,1H3;1-2H;3H,1-2H3;2H,1H3;2*1H;;/q;;-1;;;;+1;+2/p-2. The van der Waals surface area contributed by atoms with Gasteiger partial charge in [0, 0.05) is 13.4 Å². The monoisotopic (exact) mass is 814 g/mol. The van der Waals surface area contributed by atoms with Gasteiger partial charge in [-0.05, 0) is 91.5 Å². The molecule has 2 nitrogen and oxygen atoms in total. The van der Waals surface area contributed by atoms with E-state index in [2.05, 4.69) is 79.6 Å². The Bertz CT molecular complexity index is 741. The topological polar surface area (TPSA) is 37.3 Å². The summed E-state index contributed by atoms with van der Waals surface area (Å²) in [5.74, 6) is -0.651. The number of hydrogen-bond acceptors (Lipinski definition) is 2. The largest absolute Gasteiger partial charge is 2.00 e. The summed E-state index contributed by atoms with van der Waals surface area (Å²) in [7, 11) is 0. The van der Waals surface area contributed by atoms with Crippen LogP contribution < -0.4 is 43.7 Å². The van der Waals surface area contributed by atoms with Crippen molar-refractivity contribution < 1.29 is 62.4 Å². The van der Waals surface area contributed by atoms with E-state index in [1.54, 1.807) is 19.1 Å². The van der Waals surface area contributed by atoms with E-state index in [9.17, 15) is 13.9 Å². The summed E-state index contributed by atoms with van der Waals surface area (Å²) >= 11 is 15.6. The molecule has 0 aliphatic heterocycles. The Balaban J connectivity index is -0.0000000775. The number of carbonyl (C=O) groups excluding carboxylic acids is 1. The number of aldehydes is 1. The second-order valence-corrected chi connectivity index (χ2v) is 9.23. The molecule has 0 aliphatic rings. The summed E-state index contributed by atoms with van der Waals surface area (Å²) in [6, 6.07) is 6.19. The van der Waals surface area contributed by atoms with Gasteiger partial charge in [0.1, 0.15) is 17.9 Å². The van der Waals surface area contributed by atoms with Crippen LogP contribution in [0.4, 0.5) is 8.78 Å². The first-order chi connectivity index (χ1) is 13.0. The van der Waals surface area contributed by atoms with E-state index in [0.717, 1.165) is 10.8 Å². The Morgan fingerprint density at radius 2 is 1.22 bits per heavy atom. The molecule has 32 heavy (non-hydrogen) atoms. The molecule has 13 heteroatoms. The first kappa shape index (κ1) is 47.5. The first-order valence-electron chi connectivity index (χ1n) is 7.72. The van der Waals surface area contributed by atoms with Gasteiger partial charge in [0.25, 0.3) is 0 Å². The Hall–Kier alpha value is 2.27. The summed E-state index contributed by atoms with van der Waals surface area (Å²) in [4.78, 5) is 8.81. The number of carbonyl (C=O) groups is 1. The smallest absolute Gasteiger partial charge is 1.00 e. The van der Waals surface area contributed by atoms with Crippen molar-refractivity contribution in [1.29, 1.82) is 0 Å². The van der Waals surface area contributed by atoms with Gasteiger partial charge in [-0.1, -0.05) is 31.9 Å². The molecule has 0 spiro atoms. The number of benzene rings is 2. The fraction of sp³-hybridized carbons (Fsp3) is 0.263. The van der Waals surface area contributed by atoms with Gasteiger partial charge >= 0.3 is 41.9 Å². The average molecular weight is 820 g/mol. The van der Waals surface area contributed by atoms with Crippen molar-refractivity contribution in [2.45, 2.75) is 33.8 Å². The van der Waals surface area contributed by atoms with Gasteiger partial charge in [0.15, 0.2) is 0 Å². The van der Waals surface area contributed by atoms with Gasteiger partial charge in [-0.15, -0.1) is 0 Å². The van der Waals surface area contributed by atoms with Gasteiger partial charge in [-0.3, -0.25) is 0 Å². The minimum Gasteiger partial charge on any atom is -1.00 e. The van der Waals surface area contributed by atoms with Crippen LogP contribution in [-0.4, -0.2) is 34.4 Å². The predicted molar refractivity (Wildman–Crippen MR) is 135 cm³/mol. The molecule has 1 unspecified atom stereocenters. The quantitative estimate of drug-likeness (QED) is 0.140. The molecule has 2 aromatic rings. The van der Waals surface area contributed by atoms with Gasteiger partial charge in [-0.2, -0.15) is 13.8 Å². The van der Waals surface area contributed by atoms with Crippen LogP contribution in [0.2, 0.25) is 0 Å². The van der Waals surface area contributed by atoms with Crippen LogP contribution in [0.3, 0.4) is 0 Å². The van der Waals surface area contributed by atoms with E-state index >= 15 is 0 Å². The van der Waals surface area contributed by atoms with Gasteiger partial charge in [0.2, 0.25) is 0 Å². The fourth-order valence-electron chi connectivity index (χ4n) is 1.40. The van der Waals surface area contributed by atoms with E-state index in [1.165, 1.54) is 19.1 Å². The molecule has 0 aromatic heterocycles. The average Bonchev–Trinajstić information content (AvgIpc) is 2.57. The van der Waals surface area contributed by atoms with Crippen LogP contribution in [0, 0.1) is 18.1 Å². The van der Waals surface area contributed by atoms with Crippen molar-refractivity contribution in [2.75, 3.05) is 0 Å². The molecule has 0 fully saturated rings. The van der Waals surface area contributed by atoms with E-state index in [0.29, 0.717) is 23.5 Å². The van der Waals surface area contributed by atoms with Crippen LogP contribution in [-0.2, 0) is 4.79 Å². The zero-order valence-electron chi connectivity index (χ0n) is 18.0. The van der Waals surface area contributed by atoms with E-state index in [4.69, 9.17) is 4.79 Å². The summed E-state index contributed by atoms with van der Waals surface area (Å²) in [5, 5.41) is 9.24. The van der Waals surface area contributed by atoms with Gasteiger partial charge in [-0.25, -0.2) is 8.78 Å². The molecule has 1 N–H and O–H groups in total. The van der Waals surface area contributed by atoms with Crippen molar-refractivity contribution in [3.63, 3.8) is 0 Å². The zero-order valence-corrected chi connectivity index (χ0v) is 28.9. The Morgan fingerprint density at radius 1 is 0.906 bits per heavy atom. The van der Waals surface area contributed by atoms with Gasteiger partial charge in [0.05, 0.1) is 15.0 Å². The zero-order chi connectivity index (χ0) is 22.4. The molecule has 0 bridgehead atoms. The third kappa shape index (κ3) is 21.5. The number of hydrogen-bond donors (Lipinski definition) is 1.